The monoisotopic (exact) mass is 429 g/mol. The lowest BCUT2D eigenvalue weighted by molar-refractivity contribution is 0.0742. The molecule has 4 nitrogen and oxygen atoms in total. The normalized spacial score (nSPS) is 12.4. The highest BCUT2D eigenvalue weighted by molar-refractivity contribution is 7.90. The van der Waals surface area contributed by atoms with Gasteiger partial charge in [-0.1, -0.05) is 36.4 Å². The van der Waals surface area contributed by atoms with Crippen molar-refractivity contribution in [3.8, 4) is 0 Å². The summed E-state index contributed by atoms with van der Waals surface area (Å²) in [5.74, 6) is -2.40. The molecule has 0 saturated heterocycles. The molecule has 156 valence electrons. The van der Waals surface area contributed by atoms with Crippen LogP contribution in [-0.2, 0) is 15.6 Å². The molecule has 3 rings (SSSR count). The standard InChI is InChI=1S/C23H21F2NO3S/c1-16(19-12-13-21(24)22(25)14-19)26(2)23(27)18-10-8-17(9-11-18)15-30(28,29)20-6-4-3-5-7-20/h3-14,16H,15H2,1-2H3/t16-/m0/s1. The van der Waals surface area contributed by atoms with Crippen LogP contribution in [0.2, 0.25) is 0 Å². The Balaban J connectivity index is 1.73. The maximum absolute atomic E-state index is 13.5. The van der Waals surface area contributed by atoms with Gasteiger partial charge in [-0.25, -0.2) is 17.2 Å². The molecule has 0 bridgehead atoms. The lowest BCUT2D eigenvalue weighted by Crippen LogP contribution is -2.29. The Morgan fingerprint density at radius 1 is 0.933 bits per heavy atom. The third kappa shape index (κ3) is 4.74. The van der Waals surface area contributed by atoms with Crippen molar-refractivity contribution in [1.29, 1.82) is 0 Å². The minimum Gasteiger partial charge on any atom is -0.335 e. The number of carbonyl (C=O) groups is 1. The summed E-state index contributed by atoms with van der Waals surface area (Å²) >= 11 is 0. The van der Waals surface area contributed by atoms with Gasteiger partial charge in [0.25, 0.3) is 5.91 Å². The molecule has 0 heterocycles. The maximum atomic E-state index is 13.5. The van der Waals surface area contributed by atoms with E-state index >= 15 is 0 Å². The summed E-state index contributed by atoms with van der Waals surface area (Å²) < 4.78 is 51.6. The van der Waals surface area contributed by atoms with E-state index in [1.807, 2.05) is 0 Å². The summed E-state index contributed by atoms with van der Waals surface area (Å²) in [5.41, 5.74) is 1.40. The summed E-state index contributed by atoms with van der Waals surface area (Å²) in [4.78, 5) is 14.4. The van der Waals surface area contributed by atoms with Crippen LogP contribution in [0.5, 0.6) is 0 Å². The molecule has 0 radical (unpaired) electrons. The van der Waals surface area contributed by atoms with Crippen molar-refractivity contribution < 1.29 is 22.0 Å². The molecule has 0 unspecified atom stereocenters. The van der Waals surface area contributed by atoms with Gasteiger partial charge in [-0.15, -0.1) is 0 Å². The quantitative estimate of drug-likeness (QED) is 0.567. The number of halogens is 2. The van der Waals surface area contributed by atoms with Crippen LogP contribution in [-0.4, -0.2) is 26.3 Å². The van der Waals surface area contributed by atoms with Gasteiger partial charge < -0.3 is 4.90 Å². The molecule has 0 aliphatic heterocycles. The molecule has 30 heavy (non-hydrogen) atoms. The van der Waals surface area contributed by atoms with Crippen LogP contribution in [0.3, 0.4) is 0 Å². The van der Waals surface area contributed by atoms with Crippen molar-refractivity contribution in [3.63, 3.8) is 0 Å². The second-order valence-electron chi connectivity index (χ2n) is 7.03. The van der Waals surface area contributed by atoms with E-state index in [-0.39, 0.29) is 16.6 Å². The fourth-order valence-electron chi connectivity index (χ4n) is 3.05. The number of carbonyl (C=O) groups excluding carboxylic acids is 1. The third-order valence-corrected chi connectivity index (χ3v) is 6.69. The minimum atomic E-state index is -3.48. The van der Waals surface area contributed by atoms with E-state index in [4.69, 9.17) is 0 Å². The Kier molecular flexibility index (Phi) is 6.31. The van der Waals surface area contributed by atoms with Crippen LogP contribution < -0.4 is 0 Å². The highest BCUT2D eigenvalue weighted by Crippen LogP contribution is 2.23. The molecule has 0 aliphatic carbocycles. The molecule has 0 N–H and O–H groups in total. The number of amides is 1. The van der Waals surface area contributed by atoms with Gasteiger partial charge >= 0.3 is 0 Å². The number of nitrogens with zero attached hydrogens (tertiary/aromatic N) is 1. The SMILES string of the molecule is C[C@@H](c1ccc(F)c(F)c1)N(C)C(=O)c1ccc(CS(=O)(=O)c2ccccc2)cc1. The number of hydrogen-bond acceptors (Lipinski definition) is 3. The van der Waals surface area contributed by atoms with Crippen molar-refractivity contribution in [2.45, 2.75) is 23.6 Å². The van der Waals surface area contributed by atoms with Crippen molar-refractivity contribution in [2.24, 2.45) is 0 Å². The molecule has 1 atom stereocenters. The number of sulfone groups is 1. The van der Waals surface area contributed by atoms with E-state index in [1.165, 1.54) is 11.0 Å². The predicted octanol–water partition coefficient (Wildman–Crippen LogP) is 4.77. The molecular formula is C23H21F2NO3S. The third-order valence-electron chi connectivity index (χ3n) is 4.99. The first-order chi connectivity index (χ1) is 14.2. The summed E-state index contributed by atoms with van der Waals surface area (Å²) in [5, 5.41) is 0. The average molecular weight is 429 g/mol. The second kappa shape index (κ2) is 8.75. The largest absolute Gasteiger partial charge is 0.335 e. The summed E-state index contributed by atoms with van der Waals surface area (Å²) in [6.07, 6.45) is 0. The second-order valence-corrected chi connectivity index (χ2v) is 9.02. The zero-order valence-corrected chi connectivity index (χ0v) is 17.4. The zero-order chi connectivity index (χ0) is 21.9. The van der Waals surface area contributed by atoms with E-state index in [9.17, 15) is 22.0 Å². The van der Waals surface area contributed by atoms with Gasteiger partial charge in [-0.2, -0.15) is 0 Å². The van der Waals surface area contributed by atoms with Gasteiger partial charge in [-0.3, -0.25) is 4.79 Å². The maximum Gasteiger partial charge on any atom is 0.254 e. The summed E-state index contributed by atoms with van der Waals surface area (Å²) in [6, 6.07) is 17.5. The number of hydrogen-bond donors (Lipinski definition) is 0. The molecule has 0 saturated carbocycles. The van der Waals surface area contributed by atoms with Crippen molar-refractivity contribution in [3.05, 3.63) is 101 Å². The van der Waals surface area contributed by atoms with Gasteiger partial charge in [0, 0.05) is 12.6 Å². The predicted molar refractivity (Wildman–Crippen MR) is 111 cm³/mol. The van der Waals surface area contributed by atoms with Crippen LogP contribution in [0.15, 0.2) is 77.7 Å². The summed E-state index contributed by atoms with van der Waals surface area (Å²) in [6.45, 7) is 1.71. The van der Waals surface area contributed by atoms with E-state index in [0.717, 1.165) is 12.1 Å². The minimum absolute atomic E-state index is 0.174. The Morgan fingerprint density at radius 3 is 2.17 bits per heavy atom. The first-order valence-corrected chi connectivity index (χ1v) is 10.9. The van der Waals surface area contributed by atoms with Crippen LogP contribution in [0, 0.1) is 11.6 Å². The molecule has 3 aromatic carbocycles. The first kappa shape index (κ1) is 21.6. The van der Waals surface area contributed by atoms with E-state index in [2.05, 4.69) is 0 Å². The number of benzene rings is 3. The molecule has 7 heteroatoms. The average Bonchev–Trinajstić information content (AvgIpc) is 2.75. The fraction of sp³-hybridized carbons (Fsp3) is 0.174. The first-order valence-electron chi connectivity index (χ1n) is 9.28. The van der Waals surface area contributed by atoms with Crippen LogP contribution in [0.1, 0.15) is 34.5 Å². The molecular weight excluding hydrogens is 408 g/mol. The van der Waals surface area contributed by atoms with E-state index in [0.29, 0.717) is 16.7 Å². The zero-order valence-electron chi connectivity index (χ0n) is 16.5. The Labute approximate surface area is 174 Å². The van der Waals surface area contributed by atoms with E-state index in [1.54, 1.807) is 68.6 Å². The van der Waals surface area contributed by atoms with Gasteiger partial charge in [-0.05, 0) is 54.4 Å². The molecule has 1 amide bonds. The van der Waals surface area contributed by atoms with Gasteiger partial charge in [0.1, 0.15) is 0 Å². The summed E-state index contributed by atoms with van der Waals surface area (Å²) in [7, 11) is -1.91. The Morgan fingerprint density at radius 2 is 1.57 bits per heavy atom. The lowest BCUT2D eigenvalue weighted by atomic mass is 10.1. The molecule has 0 aliphatic rings. The van der Waals surface area contributed by atoms with Crippen molar-refractivity contribution in [2.75, 3.05) is 7.05 Å². The highest BCUT2D eigenvalue weighted by Gasteiger charge is 2.21. The van der Waals surface area contributed by atoms with Gasteiger partial charge in [0.15, 0.2) is 21.5 Å². The smallest absolute Gasteiger partial charge is 0.254 e. The van der Waals surface area contributed by atoms with Gasteiger partial charge in [0.2, 0.25) is 0 Å². The van der Waals surface area contributed by atoms with Gasteiger partial charge in [0.05, 0.1) is 16.7 Å². The molecule has 0 fully saturated rings. The van der Waals surface area contributed by atoms with Crippen molar-refractivity contribution in [1.82, 2.24) is 4.90 Å². The number of rotatable bonds is 6. The van der Waals surface area contributed by atoms with E-state index < -0.39 is 27.5 Å². The topological polar surface area (TPSA) is 54.5 Å². The van der Waals surface area contributed by atoms with Crippen molar-refractivity contribution >= 4 is 15.7 Å². The molecule has 3 aromatic rings. The highest BCUT2D eigenvalue weighted by atomic mass is 32.2. The van der Waals surface area contributed by atoms with Crippen LogP contribution in [0.25, 0.3) is 0 Å². The molecule has 0 aromatic heterocycles. The van der Waals surface area contributed by atoms with Crippen LogP contribution in [0.4, 0.5) is 8.78 Å². The Hall–Kier alpha value is -3.06. The molecule has 0 spiro atoms. The fourth-order valence-corrected chi connectivity index (χ4v) is 4.42. The van der Waals surface area contributed by atoms with Crippen LogP contribution >= 0.6 is 0 Å². The Bertz CT molecular complexity index is 1150. The lowest BCUT2D eigenvalue weighted by Gasteiger charge is -2.25.